The first-order valence-corrected chi connectivity index (χ1v) is 4.04. The second kappa shape index (κ2) is 5.13. The summed E-state index contributed by atoms with van der Waals surface area (Å²) < 4.78 is 11.7. The minimum absolute atomic E-state index is 0.00258. The molecule has 76 valence electrons. The minimum Gasteiger partial charge on any atom is -0.348 e. The molecule has 1 heterocycles. The van der Waals surface area contributed by atoms with E-state index < -0.39 is 12.6 Å². The second-order valence-electron chi connectivity index (χ2n) is 2.52. The summed E-state index contributed by atoms with van der Waals surface area (Å²) in [6.07, 6.45) is 1.42. The Kier molecular flexibility index (Phi) is 3.81. The summed E-state index contributed by atoms with van der Waals surface area (Å²) in [5.74, 6) is 4.72. The van der Waals surface area contributed by atoms with Crippen LogP contribution >= 0.6 is 0 Å². The average molecular weight is 198 g/mol. The summed E-state index contributed by atoms with van der Waals surface area (Å²) in [7, 11) is 0. The lowest BCUT2D eigenvalue weighted by atomic mass is 10.3. The van der Waals surface area contributed by atoms with Crippen LogP contribution in [0.2, 0.25) is 0 Å². The number of nitrogens with two attached hydrogens (primary N) is 1. The van der Waals surface area contributed by atoms with Gasteiger partial charge in [0.1, 0.15) is 12.4 Å². The van der Waals surface area contributed by atoms with E-state index in [9.17, 15) is 9.18 Å². The smallest absolute Gasteiger partial charge is 0.269 e. The number of rotatable bonds is 4. The van der Waals surface area contributed by atoms with Crippen LogP contribution in [0.15, 0.2) is 18.3 Å². The Balaban J connectivity index is 2.62. The van der Waals surface area contributed by atoms with Gasteiger partial charge in [-0.3, -0.25) is 10.6 Å². The summed E-state index contributed by atoms with van der Waals surface area (Å²) in [5.41, 5.74) is 3.22. The van der Waals surface area contributed by atoms with Gasteiger partial charge in [-0.15, -0.1) is 0 Å². The Morgan fingerprint density at radius 1 is 1.57 bits per heavy atom. The van der Waals surface area contributed by atoms with E-state index in [0.29, 0.717) is 5.69 Å². The van der Waals surface area contributed by atoms with Crippen LogP contribution in [0.4, 0.5) is 10.1 Å². The number of aromatic nitrogens is 1. The van der Waals surface area contributed by atoms with Gasteiger partial charge in [0.05, 0.1) is 11.9 Å². The molecule has 6 heteroatoms. The van der Waals surface area contributed by atoms with E-state index in [1.807, 2.05) is 0 Å². The molecule has 1 amide bonds. The fourth-order valence-electron chi connectivity index (χ4n) is 0.865. The molecule has 0 aliphatic carbocycles. The molecule has 0 saturated heterocycles. The van der Waals surface area contributed by atoms with Crippen molar-refractivity contribution in [3.8, 4) is 0 Å². The van der Waals surface area contributed by atoms with Crippen LogP contribution in [-0.4, -0.2) is 24.1 Å². The number of halogens is 1. The van der Waals surface area contributed by atoms with Gasteiger partial charge in [-0.05, 0) is 12.1 Å². The topological polar surface area (TPSA) is 80.0 Å². The zero-order valence-corrected chi connectivity index (χ0v) is 7.46. The zero-order valence-electron chi connectivity index (χ0n) is 7.46. The lowest BCUT2D eigenvalue weighted by Gasteiger charge is -2.02. The monoisotopic (exact) mass is 198 g/mol. The van der Waals surface area contributed by atoms with Gasteiger partial charge in [0.15, 0.2) is 0 Å². The molecule has 1 aromatic heterocycles. The highest BCUT2D eigenvalue weighted by Crippen LogP contribution is 2.03. The summed E-state index contributed by atoms with van der Waals surface area (Å²) >= 11 is 0. The predicted octanol–water partition coefficient (Wildman–Crippen LogP) is 0.0665. The van der Waals surface area contributed by atoms with Gasteiger partial charge < -0.3 is 10.7 Å². The fourth-order valence-corrected chi connectivity index (χ4v) is 0.865. The molecule has 14 heavy (non-hydrogen) atoms. The van der Waals surface area contributed by atoms with Gasteiger partial charge in [0.25, 0.3) is 5.91 Å². The molecule has 0 aliphatic rings. The second-order valence-corrected chi connectivity index (χ2v) is 2.52. The molecule has 0 radical (unpaired) electrons. The van der Waals surface area contributed by atoms with E-state index >= 15 is 0 Å². The van der Waals surface area contributed by atoms with Gasteiger partial charge in [-0.25, -0.2) is 9.37 Å². The summed E-state index contributed by atoms with van der Waals surface area (Å²) in [6.45, 7) is -0.592. The standard InChI is InChI=1S/C8H11FN4O/c9-3-4-11-8(14)7-2-1-6(13-10)5-12-7/h1-2,5,13H,3-4,10H2,(H,11,14). The molecule has 0 aromatic carbocycles. The van der Waals surface area contributed by atoms with Gasteiger partial charge in [0.2, 0.25) is 0 Å². The predicted molar refractivity (Wildman–Crippen MR) is 50.4 cm³/mol. The number of hydrogen-bond acceptors (Lipinski definition) is 4. The maximum absolute atomic E-state index is 11.7. The van der Waals surface area contributed by atoms with E-state index in [4.69, 9.17) is 5.84 Å². The Morgan fingerprint density at radius 2 is 2.36 bits per heavy atom. The molecule has 0 atom stereocenters. The molecule has 0 unspecified atom stereocenters. The molecular weight excluding hydrogens is 187 g/mol. The largest absolute Gasteiger partial charge is 0.348 e. The van der Waals surface area contributed by atoms with E-state index in [1.165, 1.54) is 12.3 Å². The highest BCUT2D eigenvalue weighted by Gasteiger charge is 2.05. The van der Waals surface area contributed by atoms with Crippen molar-refractivity contribution in [2.24, 2.45) is 5.84 Å². The van der Waals surface area contributed by atoms with Crippen LogP contribution in [0.5, 0.6) is 0 Å². The Hall–Kier alpha value is -1.69. The summed E-state index contributed by atoms with van der Waals surface area (Å²) in [5, 5.41) is 2.36. The van der Waals surface area contributed by atoms with E-state index in [-0.39, 0.29) is 12.2 Å². The van der Waals surface area contributed by atoms with E-state index in [1.54, 1.807) is 6.07 Å². The number of anilines is 1. The van der Waals surface area contributed by atoms with Crippen LogP contribution in [-0.2, 0) is 0 Å². The van der Waals surface area contributed by atoms with Crippen LogP contribution in [0.25, 0.3) is 0 Å². The first-order valence-electron chi connectivity index (χ1n) is 4.04. The fraction of sp³-hybridized carbons (Fsp3) is 0.250. The van der Waals surface area contributed by atoms with Crippen molar-refractivity contribution in [2.45, 2.75) is 0 Å². The SMILES string of the molecule is NNc1ccc(C(=O)NCCF)nc1. The molecule has 0 saturated carbocycles. The molecule has 5 nitrogen and oxygen atoms in total. The number of nitrogens with one attached hydrogen (secondary N) is 2. The van der Waals surface area contributed by atoms with Gasteiger partial charge >= 0.3 is 0 Å². The molecule has 0 aliphatic heterocycles. The minimum atomic E-state index is -0.589. The Morgan fingerprint density at radius 3 is 2.86 bits per heavy atom. The van der Waals surface area contributed by atoms with Crippen molar-refractivity contribution >= 4 is 11.6 Å². The van der Waals surface area contributed by atoms with Crippen molar-refractivity contribution in [1.29, 1.82) is 0 Å². The highest BCUT2D eigenvalue weighted by molar-refractivity contribution is 5.92. The van der Waals surface area contributed by atoms with Crippen molar-refractivity contribution in [3.05, 3.63) is 24.0 Å². The molecule has 1 rings (SSSR count). The van der Waals surface area contributed by atoms with Gasteiger partial charge in [-0.2, -0.15) is 0 Å². The molecule has 4 N–H and O–H groups in total. The number of carbonyl (C=O) groups is 1. The molecule has 1 aromatic rings. The molecule has 0 fully saturated rings. The lowest BCUT2D eigenvalue weighted by Crippen LogP contribution is -2.26. The normalized spacial score (nSPS) is 9.57. The first kappa shape index (κ1) is 10.4. The molecule has 0 bridgehead atoms. The number of alkyl halides is 1. The Bertz CT molecular complexity index is 301. The zero-order chi connectivity index (χ0) is 10.4. The van der Waals surface area contributed by atoms with E-state index in [2.05, 4.69) is 15.7 Å². The number of nitrogen functional groups attached to an aromatic ring is 1. The number of carbonyl (C=O) groups excluding carboxylic acids is 1. The van der Waals surface area contributed by atoms with Crippen molar-refractivity contribution in [2.75, 3.05) is 18.6 Å². The van der Waals surface area contributed by atoms with Gasteiger partial charge in [0, 0.05) is 6.54 Å². The molecule has 0 spiro atoms. The number of hydrogen-bond donors (Lipinski definition) is 3. The van der Waals surface area contributed by atoms with Crippen LogP contribution < -0.4 is 16.6 Å². The van der Waals surface area contributed by atoms with Crippen molar-refractivity contribution in [3.63, 3.8) is 0 Å². The third-order valence-electron chi connectivity index (χ3n) is 1.54. The summed E-state index contributed by atoms with van der Waals surface area (Å²) in [4.78, 5) is 15.0. The maximum Gasteiger partial charge on any atom is 0.269 e. The number of hydrazine groups is 1. The average Bonchev–Trinajstić information content (AvgIpc) is 2.26. The lowest BCUT2D eigenvalue weighted by molar-refractivity contribution is 0.0946. The van der Waals surface area contributed by atoms with Crippen molar-refractivity contribution in [1.82, 2.24) is 10.3 Å². The Labute approximate surface area is 80.5 Å². The van der Waals surface area contributed by atoms with Crippen LogP contribution in [0.3, 0.4) is 0 Å². The van der Waals surface area contributed by atoms with Crippen molar-refractivity contribution < 1.29 is 9.18 Å². The third-order valence-corrected chi connectivity index (χ3v) is 1.54. The number of amides is 1. The summed E-state index contributed by atoms with van der Waals surface area (Å²) in [6, 6.07) is 3.11. The van der Waals surface area contributed by atoms with Crippen LogP contribution in [0.1, 0.15) is 10.5 Å². The van der Waals surface area contributed by atoms with Crippen LogP contribution in [0, 0.1) is 0 Å². The number of pyridine rings is 1. The third kappa shape index (κ3) is 2.67. The first-order chi connectivity index (χ1) is 6.77. The van der Waals surface area contributed by atoms with E-state index in [0.717, 1.165) is 0 Å². The maximum atomic E-state index is 11.7. The number of nitrogens with zero attached hydrogens (tertiary/aromatic N) is 1. The highest BCUT2D eigenvalue weighted by atomic mass is 19.1. The quantitative estimate of drug-likeness (QED) is 0.472. The van der Waals surface area contributed by atoms with Gasteiger partial charge in [-0.1, -0.05) is 0 Å². The molecular formula is C8H11FN4O.